The largest absolute Gasteiger partial charge is 0.484 e. The second-order valence-electron chi connectivity index (χ2n) is 4.47. The third-order valence-corrected chi connectivity index (χ3v) is 2.84. The van der Waals surface area contributed by atoms with Crippen LogP contribution in [-0.2, 0) is 14.3 Å². The second-order valence-corrected chi connectivity index (χ2v) is 4.47. The lowest BCUT2D eigenvalue weighted by molar-refractivity contribution is -0.134. The van der Waals surface area contributed by atoms with E-state index in [0.717, 1.165) is 5.56 Å². The van der Waals surface area contributed by atoms with E-state index in [2.05, 4.69) is 0 Å². The first-order valence-corrected chi connectivity index (χ1v) is 6.62. The number of carbonyl (C=O) groups excluding carboxylic acids is 1. The number of ether oxygens (including phenoxy) is 3. The minimum atomic E-state index is -0.0689. The topological polar surface area (TPSA) is 48.0 Å². The molecule has 112 valence electrons. The van der Waals surface area contributed by atoms with Gasteiger partial charge in [0.2, 0.25) is 0 Å². The second kappa shape index (κ2) is 9.34. The number of methoxy groups -OCH3 is 2. The highest BCUT2D eigenvalue weighted by Crippen LogP contribution is 2.12. The summed E-state index contributed by atoms with van der Waals surface area (Å²) < 4.78 is 15.5. The van der Waals surface area contributed by atoms with Crippen molar-refractivity contribution in [3.63, 3.8) is 0 Å². The molecule has 5 heteroatoms. The first-order chi connectivity index (χ1) is 9.67. The van der Waals surface area contributed by atoms with Gasteiger partial charge in [0.05, 0.1) is 13.2 Å². The van der Waals surface area contributed by atoms with Crippen LogP contribution >= 0.6 is 0 Å². The van der Waals surface area contributed by atoms with Gasteiger partial charge in [0.15, 0.2) is 6.61 Å². The minimum absolute atomic E-state index is 0.0247. The van der Waals surface area contributed by atoms with Crippen LogP contribution in [0.4, 0.5) is 0 Å². The van der Waals surface area contributed by atoms with Crippen LogP contribution in [0.1, 0.15) is 5.56 Å². The minimum Gasteiger partial charge on any atom is -0.484 e. The van der Waals surface area contributed by atoms with Crippen molar-refractivity contribution in [2.45, 2.75) is 6.92 Å². The van der Waals surface area contributed by atoms with Crippen molar-refractivity contribution < 1.29 is 19.0 Å². The highest BCUT2D eigenvalue weighted by Gasteiger charge is 2.13. The van der Waals surface area contributed by atoms with Crippen LogP contribution in [0.15, 0.2) is 24.3 Å². The molecule has 1 rings (SSSR count). The molecule has 0 radical (unpaired) electrons. The Morgan fingerprint density at radius 1 is 1.15 bits per heavy atom. The number of hydrogen-bond acceptors (Lipinski definition) is 4. The fourth-order valence-electron chi connectivity index (χ4n) is 1.71. The number of nitrogens with zero attached hydrogens (tertiary/aromatic N) is 1. The van der Waals surface area contributed by atoms with Gasteiger partial charge in [-0.2, -0.15) is 0 Å². The van der Waals surface area contributed by atoms with E-state index in [-0.39, 0.29) is 12.5 Å². The molecule has 0 aromatic heterocycles. The summed E-state index contributed by atoms with van der Waals surface area (Å²) in [5.41, 5.74) is 1.10. The lowest BCUT2D eigenvalue weighted by Crippen LogP contribution is -2.39. The summed E-state index contributed by atoms with van der Waals surface area (Å²) in [5, 5.41) is 0. The Labute approximate surface area is 120 Å². The lowest BCUT2D eigenvalue weighted by atomic mass is 10.2. The lowest BCUT2D eigenvalue weighted by Gasteiger charge is -2.22. The molecule has 0 fully saturated rings. The Morgan fingerprint density at radius 3 is 2.35 bits per heavy atom. The Morgan fingerprint density at radius 2 is 1.80 bits per heavy atom. The van der Waals surface area contributed by atoms with Crippen LogP contribution in [0.25, 0.3) is 0 Å². The zero-order valence-electron chi connectivity index (χ0n) is 12.4. The molecule has 0 aliphatic carbocycles. The number of hydrogen-bond donors (Lipinski definition) is 0. The molecule has 0 aliphatic rings. The van der Waals surface area contributed by atoms with E-state index in [1.165, 1.54) is 0 Å². The standard InChI is InChI=1S/C15H23NO4/c1-13-5-4-6-14(11-13)20-12-15(17)16(7-9-18-2)8-10-19-3/h4-6,11H,7-10,12H2,1-3H3. The predicted octanol–water partition coefficient (Wildman–Crippen LogP) is 1.50. The van der Waals surface area contributed by atoms with Gasteiger partial charge in [0.25, 0.3) is 5.91 Å². The van der Waals surface area contributed by atoms with Gasteiger partial charge < -0.3 is 19.1 Å². The fourth-order valence-corrected chi connectivity index (χ4v) is 1.71. The molecule has 0 aliphatic heterocycles. The van der Waals surface area contributed by atoms with Gasteiger partial charge in [-0.3, -0.25) is 4.79 Å². The molecule has 5 nitrogen and oxygen atoms in total. The van der Waals surface area contributed by atoms with Crippen molar-refractivity contribution in [2.75, 3.05) is 47.1 Å². The van der Waals surface area contributed by atoms with Gasteiger partial charge in [-0.15, -0.1) is 0 Å². The quantitative estimate of drug-likeness (QED) is 0.688. The zero-order valence-corrected chi connectivity index (χ0v) is 12.4. The maximum Gasteiger partial charge on any atom is 0.260 e. The number of amides is 1. The van der Waals surface area contributed by atoms with Gasteiger partial charge in [0.1, 0.15) is 5.75 Å². The molecule has 0 bridgehead atoms. The third-order valence-electron chi connectivity index (χ3n) is 2.84. The van der Waals surface area contributed by atoms with Crippen LogP contribution in [0.5, 0.6) is 5.75 Å². The smallest absolute Gasteiger partial charge is 0.260 e. The summed E-state index contributed by atoms with van der Waals surface area (Å²) in [6, 6.07) is 7.64. The molecule has 0 spiro atoms. The Kier molecular flexibility index (Phi) is 7.69. The molecule has 1 amide bonds. The Balaban J connectivity index is 2.47. The van der Waals surface area contributed by atoms with Crippen LogP contribution in [-0.4, -0.2) is 57.9 Å². The van der Waals surface area contributed by atoms with E-state index in [9.17, 15) is 4.79 Å². The summed E-state index contributed by atoms with van der Waals surface area (Å²) in [4.78, 5) is 13.8. The van der Waals surface area contributed by atoms with Crippen LogP contribution in [0, 0.1) is 6.92 Å². The molecule has 0 unspecified atom stereocenters. The van der Waals surface area contributed by atoms with Crippen LogP contribution in [0.2, 0.25) is 0 Å². The molecule has 0 atom stereocenters. The number of carbonyl (C=O) groups is 1. The zero-order chi connectivity index (χ0) is 14.8. The average molecular weight is 281 g/mol. The molecule has 1 aromatic carbocycles. The molecule has 0 saturated heterocycles. The molecule has 0 N–H and O–H groups in total. The third kappa shape index (κ3) is 6.04. The van der Waals surface area contributed by atoms with Crippen molar-refractivity contribution in [3.05, 3.63) is 29.8 Å². The van der Waals surface area contributed by atoms with Crippen LogP contribution < -0.4 is 4.74 Å². The van der Waals surface area contributed by atoms with E-state index >= 15 is 0 Å². The summed E-state index contributed by atoms with van der Waals surface area (Å²) in [5.74, 6) is 0.636. The van der Waals surface area contributed by atoms with Crippen molar-refractivity contribution in [3.8, 4) is 5.75 Å². The summed E-state index contributed by atoms with van der Waals surface area (Å²) in [6.45, 7) is 4.08. The number of rotatable bonds is 9. The summed E-state index contributed by atoms with van der Waals surface area (Å²) in [6.07, 6.45) is 0. The first-order valence-electron chi connectivity index (χ1n) is 6.62. The monoisotopic (exact) mass is 281 g/mol. The fraction of sp³-hybridized carbons (Fsp3) is 0.533. The normalized spacial score (nSPS) is 10.3. The molecule has 20 heavy (non-hydrogen) atoms. The van der Waals surface area contributed by atoms with Gasteiger partial charge in [0, 0.05) is 27.3 Å². The van der Waals surface area contributed by atoms with E-state index in [0.29, 0.717) is 32.1 Å². The van der Waals surface area contributed by atoms with E-state index in [1.807, 2.05) is 31.2 Å². The number of aryl methyl sites for hydroxylation is 1. The highest BCUT2D eigenvalue weighted by molar-refractivity contribution is 5.77. The first kappa shape index (κ1) is 16.5. The molecular weight excluding hydrogens is 258 g/mol. The Bertz CT molecular complexity index is 401. The SMILES string of the molecule is COCCN(CCOC)C(=O)COc1cccc(C)c1. The molecular formula is C15H23NO4. The van der Waals surface area contributed by atoms with E-state index in [4.69, 9.17) is 14.2 Å². The number of benzene rings is 1. The summed E-state index contributed by atoms with van der Waals surface area (Å²) in [7, 11) is 3.23. The van der Waals surface area contributed by atoms with Gasteiger partial charge in [-0.1, -0.05) is 12.1 Å². The van der Waals surface area contributed by atoms with Crippen molar-refractivity contribution >= 4 is 5.91 Å². The molecule has 1 aromatic rings. The summed E-state index contributed by atoms with van der Waals surface area (Å²) >= 11 is 0. The van der Waals surface area contributed by atoms with E-state index < -0.39 is 0 Å². The van der Waals surface area contributed by atoms with Crippen molar-refractivity contribution in [1.29, 1.82) is 0 Å². The van der Waals surface area contributed by atoms with Crippen molar-refractivity contribution in [2.24, 2.45) is 0 Å². The van der Waals surface area contributed by atoms with Crippen molar-refractivity contribution in [1.82, 2.24) is 4.90 Å². The predicted molar refractivity (Wildman–Crippen MR) is 77.0 cm³/mol. The Hall–Kier alpha value is -1.59. The molecule has 0 saturated carbocycles. The maximum absolute atomic E-state index is 12.1. The van der Waals surface area contributed by atoms with Gasteiger partial charge in [-0.25, -0.2) is 0 Å². The van der Waals surface area contributed by atoms with Crippen LogP contribution in [0.3, 0.4) is 0 Å². The maximum atomic E-state index is 12.1. The highest BCUT2D eigenvalue weighted by atomic mass is 16.5. The molecule has 0 heterocycles. The van der Waals surface area contributed by atoms with E-state index in [1.54, 1.807) is 19.1 Å². The average Bonchev–Trinajstić information content (AvgIpc) is 2.45. The van der Waals surface area contributed by atoms with Gasteiger partial charge in [-0.05, 0) is 24.6 Å². The van der Waals surface area contributed by atoms with Gasteiger partial charge >= 0.3 is 0 Å².